The smallest absolute Gasteiger partial charge is 0.334 e. The predicted octanol–water partition coefficient (Wildman–Crippen LogP) is 2.02. The molecule has 0 saturated heterocycles. The van der Waals surface area contributed by atoms with Crippen molar-refractivity contribution in [2.75, 3.05) is 17.3 Å². The fraction of sp³-hybridized carbons (Fsp3) is 0.750. The second kappa shape index (κ2) is 6.83. The lowest BCUT2D eigenvalue weighted by Gasteiger charge is -2.13. The summed E-state index contributed by atoms with van der Waals surface area (Å²) in [4.78, 5) is 10.9. The summed E-state index contributed by atoms with van der Waals surface area (Å²) in [6.07, 6.45) is 2.33. The Morgan fingerprint density at radius 2 is 2.05 bits per heavy atom. The highest BCUT2D eigenvalue weighted by Gasteiger charge is 2.29. The highest BCUT2D eigenvalue weighted by Crippen LogP contribution is 2.33. The molecule has 1 aromatic rings. The summed E-state index contributed by atoms with van der Waals surface area (Å²) in [5.74, 6) is 0.959. The van der Waals surface area contributed by atoms with Crippen LogP contribution in [-0.2, 0) is 17.8 Å². The molecular weight excluding hydrogens is 280 g/mol. The van der Waals surface area contributed by atoms with Crippen molar-refractivity contribution < 1.29 is 9.13 Å². The summed E-state index contributed by atoms with van der Waals surface area (Å²) in [6, 6.07) is -0.00647. The molecule has 0 saturated carbocycles. The third-order valence-corrected chi connectivity index (χ3v) is 3.81. The average molecular weight is 302 g/mol. The summed E-state index contributed by atoms with van der Waals surface area (Å²) in [5, 5.41) is 18.6. The Hall–Kier alpha value is -1.44. The SMILES string of the molecule is CC(CCS(C)=O)Nc1c([N+](=O)[O-])c(C(C)C)nn1C. The van der Waals surface area contributed by atoms with Crippen LogP contribution in [0.15, 0.2) is 0 Å². The molecule has 1 aromatic heterocycles. The zero-order chi connectivity index (χ0) is 15.4. The van der Waals surface area contributed by atoms with Gasteiger partial charge in [0.25, 0.3) is 0 Å². The standard InChI is InChI=1S/C12H22N4O3S/c1-8(2)10-11(16(17)18)12(15(4)14-10)13-9(3)6-7-20(5)19/h8-9,13H,6-7H2,1-5H3. The first-order valence-electron chi connectivity index (χ1n) is 6.51. The van der Waals surface area contributed by atoms with Crippen LogP contribution in [0.3, 0.4) is 0 Å². The number of nitrogens with one attached hydrogen (secondary N) is 1. The predicted molar refractivity (Wildman–Crippen MR) is 80.6 cm³/mol. The Kier molecular flexibility index (Phi) is 5.67. The largest absolute Gasteiger partial charge is 0.362 e. The van der Waals surface area contributed by atoms with Crippen molar-refractivity contribution in [3.8, 4) is 0 Å². The van der Waals surface area contributed by atoms with Crippen LogP contribution < -0.4 is 5.32 Å². The summed E-state index contributed by atoms with van der Waals surface area (Å²) < 4.78 is 12.6. The molecule has 1 N–H and O–H groups in total. The molecule has 7 nitrogen and oxygen atoms in total. The van der Waals surface area contributed by atoms with E-state index in [2.05, 4.69) is 10.4 Å². The van der Waals surface area contributed by atoms with Crippen LogP contribution in [0.2, 0.25) is 0 Å². The van der Waals surface area contributed by atoms with Crippen LogP contribution in [0, 0.1) is 10.1 Å². The Morgan fingerprint density at radius 1 is 1.45 bits per heavy atom. The fourth-order valence-corrected chi connectivity index (χ4v) is 2.60. The molecule has 0 aliphatic rings. The molecule has 0 aliphatic carbocycles. The maximum absolute atomic E-state index is 11.3. The first kappa shape index (κ1) is 16.6. The van der Waals surface area contributed by atoms with E-state index in [1.54, 1.807) is 13.3 Å². The molecular formula is C12H22N4O3S. The van der Waals surface area contributed by atoms with Crippen LogP contribution in [-0.4, -0.2) is 37.0 Å². The third-order valence-electron chi connectivity index (χ3n) is 3.00. The maximum Gasteiger partial charge on any atom is 0.334 e. The minimum atomic E-state index is -0.862. The van der Waals surface area contributed by atoms with Gasteiger partial charge in [0.05, 0.1) is 4.92 Å². The second-order valence-electron chi connectivity index (χ2n) is 5.23. The van der Waals surface area contributed by atoms with Crippen molar-refractivity contribution in [2.24, 2.45) is 7.05 Å². The molecule has 0 aromatic carbocycles. The summed E-state index contributed by atoms with van der Waals surface area (Å²) in [6.45, 7) is 5.67. The maximum atomic E-state index is 11.3. The van der Waals surface area contributed by atoms with Crippen LogP contribution in [0.5, 0.6) is 0 Å². The van der Waals surface area contributed by atoms with E-state index in [9.17, 15) is 14.3 Å². The highest BCUT2D eigenvalue weighted by atomic mass is 32.2. The molecule has 0 bridgehead atoms. The zero-order valence-electron chi connectivity index (χ0n) is 12.5. The molecule has 0 aliphatic heterocycles. The van der Waals surface area contributed by atoms with E-state index in [-0.39, 0.29) is 17.6 Å². The molecule has 0 fully saturated rings. The van der Waals surface area contributed by atoms with Crippen molar-refractivity contribution in [2.45, 2.75) is 39.2 Å². The Morgan fingerprint density at radius 3 is 2.50 bits per heavy atom. The number of hydrogen-bond donors (Lipinski definition) is 1. The van der Waals surface area contributed by atoms with Gasteiger partial charge >= 0.3 is 5.69 Å². The van der Waals surface area contributed by atoms with Crippen molar-refractivity contribution in [1.29, 1.82) is 0 Å². The second-order valence-corrected chi connectivity index (χ2v) is 6.78. The Labute approximate surface area is 121 Å². The van der Waals surface area contributed by atoms with Gasteiger partial charge in [0.1, 0.15) is 5.69 Å². The van der Waals surface area contributed by atoms with Gasteiger partial charge in [0.15, 0.2) is 0 Å². The number of hydrogen-bond acceptors (Lipinski definition) is 5. The van der Waals surface area contributed by atoms with E-state index in [1.165, 1.54) is 4.68 Å². The molecule has 0 spiro atoms. The van der Waals surface area contributed by atoms with Gasteiger partial charge in [-0.1, -0.05) is 13.8 Å². The normalized spacial score (nSPS) is 14.3. The van der Waals surface area contributed by atoms with Gasteiger partial charge in [-0.05, 0) is 13.3 Å². The Balaban J connectivity index is 2.99. The molecule has 8 heteroatoms. The van der Waals surface area contributed by atoms with Crippen LogP contribution >= 0.6 is 0 Å². The Bertz CT molecular complexity index is 513. The van der Waals surface area contributed by atoms with E-state index in [0.29, 0.717) is 23.7 Å². The van der Waals surface area contributed by atoms with Gasteiger partial charge in [-0.15, -0.1) is 0 Å². The van der Waals surface area contributed by atoms with Crippen molar-refractivity contribution in [3.05, 3.63) is 15.8 Å². The minimum absolute atomic E-state index is 0.00647. The fourth-order valence-electron chi connectivity index (χ4n) is 1.91. The minimum Gasteiger partial charge on any atom is -0.362 e. The quantitative estimate of drug-likeness (QED) is 0.614. The van der Waals surface area contributed by atoms with Crippen LogP contribution in [0.1, 0.15) is 38.8 Å². The molecule has 1 rings (SSSR count). The van der Waals surface area contributed by atoms with E-state index < -0.39 is 15.7 Å². The number of aryl methyl sites for hydroxylation is 1. The van der Waals surface area contributed by atoms with Crippen LogP contribution in [0.4, 0.5) is 11.5 Å². The average Bonchev–Trinajstić information content (AvgIpc) is 2.64. The summed E-state index contributed by atoms with van der Waals surface area (Å²) >= 11 is 0. The van der Waals surface area contributed by atoms with Crippen LogP contribution in [0.25, 0.3) is 0 Å². The molecule has 0 amide bonds. The molecule has 0 radical (unpaired) electrons. The number of nitrogens with zero attached hydrogens (tertiary/aromatic N) is 3. The van der Waals surface area contributed by atoms with E-state index in [4.69, 9.17) is 0 Å². The van der Waals surface area contributed by atoms with Crippen molar-refractivity contribution in [1.82, 2.24) is 9.78 Å². The van der Waals surface area contributed by atoms with Gasteiger partial charge in [0.2, 0.25) is 5.82 Å². The van der Waals surface area contributed by atoms with Gasteiger partial charge in [-0.2, -0.15) is 5.10 Å². The van der Waals surface area contributed by atoms with Crippen molar-refractivity contribution in [3.63, 3.8) is 0 Å². The highest BCUT2D eigenvalue weighted by molar-refractivity contribution is 7.84. The first-order valence-corrected chi connectivity index (χ1v) is 8.24. The zero-order valence-corrected chi connectivity index (χ0v) is 13.4. The molecule has 1 heterocycles. The first-order chi connectivity index (χ1) is 9.23. The molecule has 20 heavy (non-hydrogen) atoms. The third kappa shape index (κ3) is 4.03. The lowest BCUT2D eigenvalue weighted by atomic mass is 10.1. The number of rotatable bonds is 7. The summed E-state index contributed by atoms with van der Waals surface area (Å²) in [5.41, 5.74) is 0.512. The number of aromatic nitrogens is 2. The summed E-state index contributed by atoms with van der Waals surface area (Å²) in [7, 11) is 0.824. The molecule has 2 atom stereocenters. The van der Waals surface area contributed by atoms with Gasteiger partial charge in [0, 0.05) is 41.8 Å². The van der Waals surface area contributed by atoms with Gasteiger partial charge in [-0.25, -0.2) is 4.68 Å². The van der Waals surface area contributed by atoms with Crippen molar-refractivity contribution >= 4 is 22.3 Å². The lowest BCUT2D eigenvalue weighted by molar-refractivity contribution is -0.384. The topological polar surface area (TPSA) is 90.1 Å². The van der Waals surface area contributed by atoms with E-state index in [1.807, 2.05) is 20.8 Å². The van der Waals surface area contributed by atoms with Gasteiger partial charge in [-0.3, -0.25) is 14.3 Å². The van der Waals surface area contributed by atoms with E-state index in [0.717, 1.165) is 0 Å². The van der Waals surface area contributed by atoms with Gasteiger partial charge < -0.3 is 5.32 Å². The van der Waals surface area contributed by atoms with E-state index >= 15 is 0 Å². The molecule has 2 unspecified atom stereocenters. The number of anilines is 1. The molecule has 114 valence electrons. The number of nitro groups is 1. The monoisotopic (exact) mass is 302 g/mol. The lowest BCUT2D eigenvalue weighted by Crippen LogP contribution is -2.20.